The van der Waals surface area contributed by atoms with Crippen LogP contribution >= 0.6 is 11.3 Å². The quantitative estimate of drug-likeness (QED) is 0.159. The van der Waals surface area contributed by atoms with Crippen molar-refractivity contribution in [3.05, 3.63) is 259 Å². The van der Waals surface area contributed by atoms with Crippen LogP contribution in [0.4, 0.5) is 17.1 Å². The summed E-state index contributed by atoms with van der Waals surface area (Å²) in [6.07, 6.45) is 0. The van der Waals surface area contributed by atoms with Gasteiger partial charge in [-0.1, -0.05) is 176 Å². The fraction of sp³-hybridized carbons (Fsp3) is 0.0164. The van der Waals surface area contributed by atoms with Gasteiger partial charge in [-0.2, -0.15) is 0 Å². The van der Waals surface area contributed by atoms with Crippen LogP contribution < -0.4 is 4.90 Å². The molecule has 64 heavy (non-hydrogen) atoms. The molecule has 0 unspecified atom stereocenters. The second kappa shape index (κ2) is 14.6. The Labute approximate surface area is 389 Å². The molecule has 0 saturated heterocycles. The summed E-state index contributed by atoms with van der Waals surface area (Å²) in [4.78, 5) is 2.18. The van der Waals surface area contributed by atoms with Crippen LogP contribution in [0, 0.1) is 0 Å². The van der Waals surface area contributed by atoms with Gasteiger partial charge in [-0.3, -0.25) is 0 Å². The van der Waals surface area contributed by atoms with Crippen LogP contribution in [0.2, 0.25) is 0 Å². The first-order chi connectivity index (χ1) is 35.9. The van der Waals surface area contributed by atoms with Gasteiger partial charge in [0.15, 0.2) is 0 Å². The maximum absolute atomic E-state index is 9.01. The maximum atomic E-state index is 9.01. The molecule has 2 nitrogen and oxygen atoms in total. The first-order valence-corrected chi connectivity index (χ1v) is 21.9. The monoisotopic (exact) mass is 843 g/mol. The number of hydrogen-bond acceptors (Lipinski definition) is 3. The predicted octanol–water partition coefficient (Wildman–Crippen LogP) is 17.1. The fourth-order valence-corrected chi connectivity index (χ4v) is 11.2. The number of rotatable bonds is 7. The van der Waals surface area contributed by atoms with E-state index >= 15 is 0 Å². The zero-order chi connectivity index (χ0) is 50.9. The van der Waals surface area contributed by atoms with Gasteiger partial charge in [0.2, 0.25) is 0 Å². The lowest BCUT2D eigenvalue weighted by atomic mass is 9.67. The summed E-state index contributed by atoms with van der Waals surface area (Å²) in [5, 5.41) is 2.87. The van der Waals surface area contributed by atoms with E-state index in [0.717, 1.165) is 70.6 Å². The molecule has 3 heteroatoms. The average Bonchev–Trinajstić information content (AvgIpc) is 4.12. The van der Waals surface area contributed by atoms with E-state index in [4.69, 9.17) is 18.1 Å². The molecule has 1 aliphatic rings. The van der Waals surface area contributed by atoms with Gasteiger partial charge in [-0.05, 0) is 116 Å². The lowest BCUT2D eigenvalue weighted by Crippen LogP contribution is -2.28. The zero-order valence-electron chi connectivity index (χ0n) is 44.0. The van der Waals surface area contributed by atoms with Gasteiger partial charge in [0.05, 0.1) is 19.1 Å². The average molecular weight is 844 g/mol. The molecule has 2 aromatic heterocycles. The third-order valence-electron chi connectivity index (χ3n) is 12.7. The van der Waals surface area contributed by atoms with Gasteiger partial charge in [0.1, 0.15) is 11.2 Å². The molecule has 0 spiro atoms. The Morgan fingerprint density at radius 3 is 1.69 bits per heavy atom. The van der Waals surface area contributed by atoms with Crippen molar-refractivity contribution < 1.29 is 18.1 Å². The number of hydrogen-bond donors (Lipinski definition) is 0. The van der Waals surface area contributed by atoms with E-state index in [2.05, 4.69) is 120 Å². The SMILES string of the molecule is [2H]c1c([2H])c([2H])c(-c2cccc3oc4ccc(N(c5cccc(C6(c7ccccc7)c7ccccc7-c7ccccc76)c5)c5ccc6sc7cccc(-c8c([2H])c([2H])c([2H])c([2H])c8[2H])c7c6c5)cc4c23)c([2H])c1[2H]. The molecule has 12 aromatic rings. The molecular weight excluding hydrogens is 795 g/mol. The number of thiophene rings is 1. The van der Waals surface area contributed by atoms with E-state index in [1.54, 1.807) is 23.5 Å². The number of anilines is 3. The predicted molar refractivity (Wildman–Crippen MR) is 269 cm³/mol. The standard InChI is InChI=1S/C61H39NOS/c1-4-17-40(18-5-1)47-27-15-31-56-59(47)51-38-45(33-35-55(51)63-56)62(46-34-36-57-52(39-46)60-48(28-16-32-58(60)64-57)41-19-6-2-7-20-41)44-24-14-23-43(37-44)61(42-21-8-3-9-22-42)53-29-12-10-25-49(53)50-26-11-13-30-54(50)61/h1-39H/i1D,2D,4D,5D,6D,7D,17D,18D,19D,20D. The largest absolute Gasteiger partial charge is 0.456 e. The van der Waals surface area contributed by atoms with Crippen molar-refractivity contribution in [2.75, 3.05) is 4.90 Å². The van der Waals surface area contributed by atoms with Crippen LogP contribution in [0.5, 0.6) is 0 Å². The van der Waals surface area contributed by atoms with E-state index < -0.39 is 41.7 Å². The summed E-state index contributed by atoms with van der Waals surface area (Å²) in [6.45, 7) is 0. The van der Waals surface area contributed by atoms with Crippen molar-refractivity contribution in [1.29, 1.82) is 0 Å². The molecule has 0 radical (unpaired) electrons. The highest BCUT2D eigenvalue weighted by molar-refractivity contribution is 7.26. The molecule has 0 aliphatic heterocycles. The third kappa shape index (κ3) is 5.51. The highest BCUT2D eigenvalue weighted by Crippen LogP contribution is 2.57. The van der Waals surface area contributed by atoms with Gasteiger partial charge in [0.25, 0.3) is 0 Å². The Morgan fingerprint density at radius 1 is 0.406 bits per heavy atom. The Kier molecular flexibility index (Phi) is 6.34. The number of nitrogens with zero attached hydrogens (tertiary/aromatic N) is 1. The van der Waals surface area contributed by atoms with Crippen LogP contribution in [-0.4, -0.2) is 0 Å². The highest BCUT2D eigenvalue weighted by Gasteiger charge is 2.46. The molecule has 0 atom stereocenters. The third-order valence-corrected chi connectivity index (χ3v) is 13.8. The zero-order valence-corrected chi connectivity index (χ0v) is 34.8. The minimum absolute atomic E-state index is 0.0762. The molecule has 10 aromatic carbocycles. The topological polar surface area (TPSA) is 16.4 Å². The van der Waals surface area contributed by atoms with Gasteiger partial charge in [0, 0.05) is 48.0 Å². The molecule has 2 heterocycles. The fourth-order valence-electron chi connectivity index (χ4n) is 10.1. The van der Waals surface area contributed by atoms with Crippen molar-refractivity contribution in [1.82, 2.24) is 0 Å². The van der Waals surface area contributed by atoms with E-state index in [-0.39, 0.29) is 35.3 Å². The van der Waals surface area contributed by atoms with Crippen molar-refractivity contribution >= 4 is 70.5 Å². The van der Waals surface area contributed by atoms with E-state index in [9.17, 15) is 0 Å². The van der Waals surface area contributed by atoms with Crippen LogP contribution in [-0.2, 0) is 5.41 Å². The minimum atomic E-state index is -0.716. The summed E-state index contributed by atoms with van der Waals surface area (Å²) in [5.41, 5.74) is 10.6. The van der Waals surface area contributed by atoms with Gasteiger partial charge in [-0.25, -0.2) is 0 Å². The molecule has 300 valence electrons. The first-order valence-electron chi connectivity index (χ1n) is 26.1. The lowest BCUT2D eigenvalue weighted by molar-refractivity contribution is 0.669. The van der Waals surface area contributed by atoms with Crippen molar-refractivity contribution in [2.45, 2.75) is 5.41 Å². The Bertz CT molecular complexity index is 4070. The lowest BCUT2D eigenvalue weighted by Gasteiger charge is -2.35. The number of benzene rings is 10. The van der Waals surface area contributed by atoms with Crippen LogP contribution in [0.1, 0.15) is 36.0 Å². The van der Waals surface area contributed by atoms with Gasteiger partial charge >= 0.3 is 0 Å². The molecule has 1 aliphatic carbocycles. The van der Waals surface area contributed by atoms with Crippen molar-refractivity contribution in [2.24, 2.45) is 0 Å². The van der Waals surface area contributed by atoms with E-state index in [1.807, 2.05) is 48.5 Å². The van der Waals surface area contributed by atoms with Crippen molar-refractivity contribution in [3.8, 4) is 33.4 Å². The number of fused-ring (bicyclic) bond motifs is 9. The number of furan rings is 1. The summed E-state index contributed by atoms with van der Waals surface area (Å²) in [6, 6.07) is 55.8. The van der Waals surface area contributed by atoms with Crippen LogP contribution in [0.3, 0.4) is 0 Å². The van der Waals surface area contributed by atoms with Crippen LogP contribution in [0.15, 0.2) is 241 Å². The summed E-state index contributed by atoms with van der Waals surface area (Å²) < 4.78 is 95.2. The molecule has 0 fully saturated rings. The van der Waals surface area contributed by atoms with Crippen LogP contribution in [0.25, 0.3) is 75.5 Å². The molecule has 0 saturated carbocycles. The molecule has 13 rings (SSSR count). The summed E-state index contributed by atoms with van der Waals surface area (Å²) in [7, 11) is 0. The second-order valence-corrected chi connectivity index (χ2v) is 17.1. The van der Waals surface area contributed by atoms with Crippen molar-refractivity contribution in [3.63, 3.8) is 0 Å². The normalized spacial score (nSPS) is 15.0. The Morgan fingerprint density at radius 2 is 0.969 bits per heavy atom. The maximum Gasteiger partial charge on any atom is 0.136 e. The second-order valence-electron chi connectivity index (χ2n) is 16.0. The molecule has 0 amide bonds. The Balaban J connectivity index is 1.10. The minimum Gasteiger partial charge on any atom is -0.456 e. The molecule has 0 bridgehead atoms. The first kappa shape index (κ1) is 27.9. The van der Waals surface area contributed by atoms with Gasteiger partial charge < -0.3 is 9.32 Å². The van der Waals surface area contributed by atoms with E-state index in [1.165, 1.54) is 0 Å². The smallest absolute Gasteiger partial charge is 0.136 e. The van der Waals surface area contributed by atoms with Gasteiger partial charge in [-0.15, -0.1) is 11.3 Å². The Hall–Kier alpha value is -7.98. The highest BCUT2D eigenvalue weighted by atomic mass is 32.1. The summed E-state index contributed by atoms with van der Waals surface area (Å²) in [5.74, 6) is 0. The van der Waals surface area contributed by atoms with E-state index in [0.29, 0.717) is 33.1 Å². The molecule has 0 N–H and O–H groups in total. The molecular formula is C61H39NOS. The summed E-state index contributed by atoms with van der Waals surface area (Å²) >= 11 is 1.56.